The zero-order valence-corrected chi connectivity index (χ0v) is 12.7. The Morgan fingerprint density at radius 1 is 1.25 bits per heavy atom. The van der Waals surface area contributed by atoms with E-state index >= 15 is 0 Å². The number of alkyl halides is 1. The summed E-state index contributed by atoms with van der Waals surface area (Å²) in [4.78, 5) is 15.9. The maximum atomic E-state index is 13.9. The molecule has 116 valence electrons. The normalized spacial score (nSPS) is 29.3. The molecule has 2 saturated heterocycles. The Kier molecular flexibility index (Phi) is 4.86. The molecule has 0 aliphatic carbocycles. The predicted molar refractivity (Wildman–Crippen MR) is 75.6 cm³/mol. The molecular weight excluding hydrogens is 261 g/mol. The number of piperidine rings is 1. The summed E-state index contributed by atoms with van der Waals surface area (Å²) >= 11 is 0. The van der Waals surface area contributed by atoms with E-state index in [1.807, 2.05) is 20.8 Å². The lowest BCUT2D eigenvalue weighted by Gasteiger charge is -2.42. The number of hydrogen-bond acceptors (Lipinski definition) is 4. The monoisotopic (exact) mass is 287 g/mol. The van der Waals surface area contributed by atoms with Crippen LogP contribution < -0.4 is 5.32 Å². The van der Waals surface area contributed by atoms with Gasteiger partial charge < -0.3 is 15.0 Å². The molecule has 6 heteroatoms. The number of piperazine rings is 1. The van der Waals surface area contributed by atoms with Crippen LogP contribution >= 0.6 is 0 Å². The number of hydrogen-bond donors (Lipinski definition) is 1. The minimum absolute atomic E-state index is 0.00274. The molecule has 0 saturated carbocycles. The van der Waals surface area contributed by atoms with Crippen LogP contribution in [-0.4, -0.2) is 73.0 Å². The number of rotatable bonds is 1. The van der Waals surface area contributed by atoms with Crippen LogP contribution in [0.25, 0.3) is 0 Å². The van der Waals surface area contributed by atoms with Crippen molar-refractivity contribution in [1.82, 2.24) is 15.1 Å². The number of ether oxygens (including phenoxy) is 1. The molecule has 0 bridgehead atoms. The van der Waals surface area contributed by atoms with E-state index in [-0.39, 0.29) is 12.1 Å². The topological polar surface area (TPSA) is 44.8 Å². The van der Waals surface area contributed by atoms with Crippen molar-refractivity contribution in [1.29, 1.82) is 0 Å². The van der Waals surface area contributed by atoms with Crippen molar-refractivity contribution in [3.8, 4) is 0 Å². The van der Waals surface area contributed by atoms with Crippen LogP contribution in [0, 0.1) is 0 Å². The zero-order valence-electron chi connectivity index (χ0n) is 12.7. The lowest BCUT2D eigenvalue weighted by Crippen LogP contribution is -2.58. The van der Waals surface area contributed by atoms with Gasteiger partial charge in [-0.15, -0.1) is 0 Å². The van der Waals surface area contributed by atoms with Gasteiger partial charge in [-0.1, -0.05) is 0 Å². The van der Waals surface area contributed by atoms with Crippen LogP contribution in [0.1, 0.15) is 27.2 Å². The van der Waals surface area contributed by atoms with Crippen LogP contribution in [-0.2, 0) is 4.74 Å². The molecule has 5 nitrogen and oxygen atoms in total. The first-order valence-electron chi connectivity index (χ1n) is 7.43. The highest BCUT2D eigenvalue weighted by atomic mass is 19.1. The smallest absolute Gasteiger partial charge is 0.410 e. The van der Waals surface area contributed by atoms with E-state index < -0.39 is 11.8 Å². The summed E-state index contributed by atoms with van der Waals surface area (Å²) in [7, 11) is 0. The van der Waals surface area contributed by atoms with Gasteiger partial charge in [0.15, 0.2) is 0 Å². The first-order valence-corrected chi connectivity index (χ1v) is 7.43. The average molecular weight is 287 g/mol. The van der Waals surface area contributed by atoms with Crippen molar-refractivity contribution in [2.45, 2.75) is 45.0 Å². The molecule has 0 aromatic rings. The van der Waals surface area contributed by atoms with Crippen molar-refractivity contribution in [3.05, 3.63) is 0 Å². The molecule has 1 amide bonds. The van der Waals surface area contributed by atoms with Crippen molar-refractivity contribution >= 4 is 6.09 Å². The molecule has 0 radical (unpaired) electrons. The first-order chi connectivity index (χ1) is 9.37. The van der Waals surface area contributed by atoms with E-state index in [2.05, 4.69) is 10.2 Å². The van der Waals surface area contributed by atoms with Crippen LogP contribution in [0.3, 0.4) is 0 Å². The van der Waals surface area contributed by atoms with E-state index in [1.165, 1.54) is 0 Å². The standard InChI is InChI=1S/C14H26FN3O2/c1-14(2,3)20-13(19)18-8-6-17(7-9-18)12-4-5-16-10-11(12)15/h11-12,16H,4-10H2,1-3H3. The first kappa shape index (κ1) is 15.5. The third-order valence-electron chi connectivity index (χ3n) is 3.81. The predicted octanol–water partition coefficient (Wildman–Crippen LogP) is 1.24. The molecule has 0 spiro atoms. The SMILES string of the molecule is CC(C)(C)OC(=O)N1CCN(C2CCNCC2F)CC1. The van der Waals surface area contributed by atoms with Crippen molar-refractivity contribution in [2.24, 2.45) is 0 Å². The molecular formula is C14H26FN3O2. The summed E-state index contributed by atoms with van der Waals surface area (Å²) in [6, 6.07) is -0.00274. The number of carbonyl (C=O) groups is 1. The quantitative estimate of drug-likeness (QED) is 0.788. The molecule has 20 heavy (non-hydrogen) atoms. The number of amides is 1. The molecule has 0 aromatic carbocycles. The van der Waals surface area contributed by atoms with Crippen molar-refractivity contribution in [2.75, 3.05) is 39.3 Å². The number of halogens is 1. The summed E-state index contributed by atoms with van der Waals surface area (Å²) in [6.07, 6.45) is -0.232. The highest BCUT2D eigenvalue weighted by molar-refractivity contribution is 5.68. The van der Waals surface area contributed by atoms with E-state index in [9.17, 15) is 9.18 Å². The van der Waals surface area contributed by atoms with E-state index in [0.29, 0.717) is 19.6 Å². The summed E-state index contributed by atoms with van der Waals surface area (Å²) in [5, 5.41) is 3.07. The van der Waals surface area contributed by atoms with Crippen LogP contribution in [0.4, 0.5) is 9.18 Å². The maximum absolute atomic E-state index is 13.9. The molecule has 2 aliphatic rings. The summed E-state index contributed by atoms with van der Waals surface area (Å²) in [6.45, 7) is 9.59. The molecule has 2 atom stereocenters. The Bertz CT molecular complexity index is 338. The van der Waals surface area contributed by atoms with E-state index in [1.54, 1.807) is 4.90 Å². The molecule has 0 aromatic heterocycles. The Morgan fingerprint density at radius 3 is 2.45 bits per heavy atom. The van der Waals surface area contributed by atoms with Gasteiger partial charge in [0.05, 0.1) is 0 Å². The molecule has 2 rings (SSSR count). The zero-order chi connectivity index (χ0) is 14.8. The summed E-state index contributed by atoms with van der Waals surface area (Å²) < 4.78 is 19.3. The summed E-state index contributed by atoms with van der Waals surface area (Å²) in [5.74, 6) is 0. The van der Waals surface area contributed by atoms with Crippen LogP contribution in [0.15, 0.2) is 0 Å². The van der Waals surface area contributed by atoms with Gasteiger partial charge in [0, 0.05) is 38.8 Å². The fourth-order valence-electron chi connectivity index (χ4n) is 2.78. The van der Waals surface area contributed by atoms with Gasteiger partial charge >= 0.3 is 6.09 Å². The van der Waals surface area contributed by atoms with Gasteiger partial charge in [0.25, 0.3) is 0 Å². The Balaban J connectivity index is 1.81. The minimum Gasteiger partial charge on any atom is -0.444 e. The Morgan fingerprint density at radius 2 is 1.90 bits per heavy atom. The second-order valence-electron chi connectivity index (χ2n) is 6.58. The highest BCUT2D eigenvalue weighted by Crippen LogP contribution is 2.18. The largest absolute Gasteiger partial charge is 0.444 e. The van der Waals surface area contributed by atoms with Gasteiger partial charge in [0.2, 0.25) is 0 Å². The second-order valence-corrected chi connectivity index (χ2v) is 6.58. The number of nitrogens with zero attached hydrogens (tertiary/aromatic N) is 2. The average Bonchev–Trinajstić information content (AvgIpc) is 2.37. The Hall–Kier alpha value is -0.880. The van der Waals surface area contributed by atoms with Crippen molar-refractivity contribution in [3.63, 3.8) is 0 Å². The highest BCUT2D eigenvalue weighted by Gasteiger charge is 2.33. The van der Waals surface area contributed by atoms with Gasteiger partial charge in [-0.2, -0.15) is 0 Å². The minimum atomic E-state index is -0.808. The Labute approximate surface area is 120 Å². The van der Waals surface area contributed by atoms with Crippen molar-refractivity contribution < 1.29 is 13.9 Å². The fourth-order valence-corrected chi connectivity index (χ4v) is 2.78. The molecule has 1 N–H and O–H groups in total. The molecule has 2 aliphatic heterocycles. The second kappa shape index (κ2) is 6.26. The molecule has 2 unspecified atom stereocenters. The van der Waals surface area contributed by atoms with E-state index in [0.717, 1.165) is 26.1 Å². The number of nitrogens with one attached hydrogen (secondary N) is 1. The van der Waals surface area contributed by atoms with Crippen LogP contribution in [0.5, 0.6) is 0 Å². The maximum Gasteiger partial charge on any atom is 0.410 e. The third-order valence-corrected chi connectivity index (χ3v) is 3.81. The van der Waals surface area contributed by atoms with Gasteiger partial charge in [-0.05, 0) is 33.7 Å². The van der Waals surface area contributed by atoms with Gasteiger partial charge in [-0.3, -0.25) is 4.90 Å². The van der Waals surface area contributed by atoms with Crippen LogP contribution in [0.2, 0.25) is 0 Å². The van der Waals surface area contributed by atoms with E-state index in [4.69, 9.17) is 4.74 Å². The molecule has 2 fully saturated rings. The third kappa shape index (κ3) is 4.06. The van der Waals surface area contributed by atoms with Gasteiger partial charge in [-0.25, -0.2) is 9.18 Å². The van der Waals surface area contributed by atoms with Gasteiger partial charge in [0.1, 0.15) is 11.8 Å². The lowest BCUT2D eigenvalue weighted by atomic mass is 10.0. The summed E-state index contributed by atoms with van der Waals surface area (Å²) in [5.41, 5.74) is -0.465. The number of carbonyl (C=O) groups excluding carboxylic acids is 1. The lowest BCUT2D eigenvalue weighted by molar-refractivity contribution is 0.00127. The fraction of sp³-hybridized carbons (Fsp3) is 0.929. The molecule has 2 heterocycles.